The number of anilines is 2. The van der Waals surface area contributed by atoms with E-state index in [0.717, 1.165) is 98.3 Å². The van der Waals surface area contributed by atoms with Gasteiger partial charge < -0.3 is 38.2 Å². The zero-order valence-corrected chi connectivity index (χ0v) is 27.9. The standard InChI is InChI=1S/C37H36N6O6/c1-5-43-7-9-45-35-12-22-32(17-27(35)43)48-31-16-26-34(11-21(31)38-22)46-19-28(42(26)4)37-18-41(3)25-15-30-23(13-36(25)49-37)39-20-10-33-24(14-29(20)47-30)40(2)6-8-44-33/h10-17,28,37H,5-9,18-19H2,1-4H3/q+2. The second-order valence-corrected chi connectivity index (χ2v) is 13.3. The number of rotatable bonds is 2. The summed E-state index contributed by atoms with van der Waals surface area (Å²) >= 11 is 0. The van der Waals surface area contributed by atoms with Crippen LogP contribution in [0.4, 0.5) is 22.7 Å². The largest absolute Gasteiger partial charge is 0.489 e. The Morgan fingerprint density at radius 1 is 0.714 bits per heavy atom. The van der Waals surface area contributed by atoms with Gasteiger partial charge in [-0.2, -0.15) is 0 Å². The molecule has 0 amide bonds. The first-order chi connectivity index (χ1) is 23.9. The van der Waals surface area contributed by atoms with Gasteiger partial charge >= 0.3 is 0 Å². The van der Waals surface area contributed by atoms with Crippen molar-refractivity contribution in [1.82, 2.24) is 9.15 Å². The van der Waals surface area contributed by atoms with E-state index < -0.39 is 0 Å². The molecule has 49 heavy (non-hydrogen) atoms. The zero-order chi connectivity index (χ0) is 33.0. The van der Waals surface area contributed by atoms with Crippen LogP contribution in [-0.4, -0.2) is 79.3 Å². The van der Waals surface area contributed by atoms with Crippen LogP contribution in [0.2, 0.25) is 0 Å². The Morgan fingerprint density at radius 2 is 1.39 bits per heavy atom. The average molecular weight is 661 g/mol. The zero-order valence-electron chi connectivity index (χ0n) is 27.9. The summed E-state index contributed by atoms with van der Waals surface area (Å²) in [7, 11) is 6.23. The lowest BCUT2D eigenvalue weighted by Crippen LogP contribution is -2.57. The van der Waals surface area contributed by atoms with Crippen LogP contribution in [0.25, 0.3) is 0 Å². The van der Waals surface area contributed by atoms with E-state index in [1.807, 2.05) is 48.5 Å². The third kappa shape index (κ3) is 4.42. The molecule has 4 aromatic carbocycles. The van der Waals surface area contributed by atoms with Gasteiger partial charge in [0.2, 0.25) is 10.7 Å². The molecule has 4 aromatic rings. The molecule has 6 heterocycles. The minimum atomic E-state index is -0.171. The Hall–Kier alpha value is -5.52. The van der Waals surface area contributed by atoms with Gasteiger partial charge in [0.15, 0.2) is 53.7 Å². The summed E-state index contributed by atoms with van der Waals surface area (Å²) in [5.74, 6) is 6.04. The van der Waals surface area contributed by atoms with Gasteiger partial charge in [0, 0.05) is 50.5 Å². The van der Waals surface area contributed by atoms with Gasteiger partial charge in [0.25, 0.3) is 0 Å². The van der Waals surface area contributed by atoms with E-state index in [1.165, 1.54) is 0 Å². The highest BCUT2D eigenvalue weighted by molar-refractivity contribution is 5.73. The molecule has 0 spiro atoms. The number of likely N-dealkylation sites (N-methyl/N-ethyl adjacent to an activating group) is 4. The predicted molar refractivity (Wildman–Crippen MR) is 182 cm³/mol. The Bertz CT molecular complexity index is 2380. The SMILES string of the molecule is CC[N+]1=c2cc3c(cc2OCC1)=Nc1cc2c(cc1O3)N(C)C(C1C[N+](C)=c3cc4c(cc3O1)=Nc1cc3c(cc1O4)N(C)CCO3)CO2. The maximum Gasteiger partial charge on any atom is 0.246 e. The molecular weight excluding hydrogens is 624 g/mol. The highest BCUT2D eigenvalue weighted by Crippen LogP contribution is 2.46. The van der Waals surface area contributed by atoms with Crippen LogP contribution in [0, 0.1) is 0 Å². The monoisotopic (exact) mass is 660 g/mol. The van der Waals surface area contributed by atoms with Gasteiger partial charge in [-0.25, -0.2) is 19.1 Å². The first kappa shape index (κ1) is 28.5. The number of nitrogens with zero attached hydrogens (tertiary/aromatic N) is 6. The van der Waals surface area contributed by atoms with Gasteiger partial charge in [-0.1, -0.05) is 0 Å². The first-order valence-corrected chi connectivity index (χ1v) is 16.9. The smallest absolute Gasteiger partial charge is 0.246 e. The molecule has 0 aliphatic carbocycles. The van der Waals surface area contributed by atoms with Crippen molar-refractivity contribution in [2.75, 3.05) is 76.9 Å². The van der Waals surface area contributed by atoms with Gasteiger partial charge in [-0.05, 0) is 6.92 Å². The minimum Gasteiger partial charge on any atom is -0.489 e. The van der Waals surface area contributed by atoms with Gasteiger partial charge in [-0.15, -0.1) is 0 Å². The maximum absolute atomic E-state index is 6.74. The number of benzene rings is 4. The van der Waals surface area contributed by atoms with E-state index in [0.29, 0.717) is 37.9 Å². The van der Waals surface area contributed by atoms with Crippen LogP contribution in [0.15, 0.2) is 58.5 Å². The normalized spacial score (nSPS) is 20.6. The summed E-state index contributed by atoms with van der Waals surface area (Å²) in [5.41, 5.74) is 3.42. The average Bonchev–Trinajstić information content (AvgIpc) is 3.10. The van der Waals surface area contributed by atoms with Crippen LogP contribution in [0.5, 0.6) is 46.0 Å². The number of ether oxygens (including phenoxy) is 6. The number of hydrogen-bond donors (Lipinski definition) is 0. The van der Waals surface area contributed by atoms with Crippen molar-refractivity contribution in [2.24, 2.45) is 9.98 Å². The molecule has 0 saturated heterocycles. The van der Waals surface area contributed by atoms with Gasteiger partial charge in [-0.3, -0.25) is 0 Å². The fourth-order valence-electron chi connectivity index (χ4n) is 7.61. The summed E-state index contributed by atoms with van der Waals surface area (Å²) in [6, 6.07) is 15.9. The summed E-state index contributed by atoms with van der Waals surface area (Å²) in [4.78, 5) is 14.3. The predicted octanol–water partition coefficient (Wildman–Crippen LogP) is 2.31. The highest BCUT2D eigenvalue weighted by atomic mass is 16.5. The lowest BCUT2D eigenvalue weighted by Gasteiger charge is -2.40. The van der Waals surface area contributed by atoms with Crippen LogP contribution in [-0.2, 0) is 0 Å². The molecule has 0 aromatic heterocycles. The molecule has 0 fully saturated rings. The summed E-state index contributed by atoms with van der Waals surface area (Å²) in [5, 5.41) is 3.48. The van der Waals surface area contributed by atoms with Crippen molar-refractivity contribution < 1.29 is 28.4 Å². The molecule has 10 rings (SSSR count). The minimum absolute atomic E-state index is 0.0538. The third-order valence-corrected chi connectivity index (χ3v) is 10.4. The second kappa shape index (κ2) is 10.5. The molecule has 0 bridgehead atoms. The van der Waals surface area contributed by atoms with Gasteiger partial charge in [0.05, 0.1) is 30.1 Å². The molecular formula is C37H36N6O6+2. The highest BCUT2D eigenvalue weighted by Gasteiger charge is 2.39. The second-order valence-electron chi connectivity index (χ2n) is 13.3. The van der Waals surface area contributed by atoms with Crippen molar-refractivity contribution in [3.05, 3.63) is 70.0 Å². The molecule has 6 aliphatic rings. The van der Waals surface area contributed by atoms with Crippen LogP contribution < -0.4 is 68.8 Å². The van der Waals surface area contributed by atoms with E-state index in [4.69, 9.17) is 38.4 Å². The summed E-state index contributed by atoms with van der Waals surface area (Å²) in [6.45, 7) is 7.18. The lowest BCUT2D eigenvalue weighted by molar-refractivity contribution is 0.108. The molecule has 0 N–H and O–H groups in total. The van der Waals surface area contributed by atoms with E-state index in [9.17, 15) is 0 Å². The number of hydrogen-bond acceptors (Lipinski definition) is 10. The van der Waals surface area contributed by atoms with Crippen LogP contribution in [0.1, 0.15) is 6.92 Å². The molecule has 2 atom stereocenters. The van der Waals surface area contributed by atoms with E-state index >= 15 is 0 Å². The van der Waals surface area contributed by atoms with Gasteiger partial charge in [0.1, 0.15) is 73.0 Å². The van der Waals surface area contributed by atoms with E-state index in [-0.39, 0.29) is 12.1 Å². The number of fused-ring (bicyclic) bond motifs is 8. The molecule has 12 nitrogen and oxygen atoms in total. The molecule has 2 unspecified atom stereocenters. The fraction of sp³-hybridized carbons (Fsp3) is 0.351. The lowest BCUT2D eigenvalue weighted by atomic mass is 10.0. The summed E-state index contributed by atoms with van der Waals surface area (Å²) < 4.78 is 42.4. The first-order valence-electron chi connectivity index (χ1n) is 16.9. The topological polar surface area (TPSA) is 92.6 Å². The van der Waals surface area contributed by atoms with Crippen molar-refractivity contribution in [3.63, 3.8) is 0 Å². The van der Waals surface area contributed by atoms with Crippen LogP contribution >= 0.6 is 0 Å². The Kier molecular flexibility index (Phi) is 6.10. The molecule has 12 heteroatoms. The molecule has 0 radical (unpaired) electrons. The molecule has 6 aliphatic heterocycles. The van der Waals surface area contributed by atoms with Crippen molar-refractivity contribution in [3.8, 4) is 46.0 Å². The van der Waals surface area contributed by atoms with E-state index in [1.54, 1.807) is 0 Å². The van der Waals surface area contributed by atoms with Crippen molar-refractivity contribution in [1.29, 1.82) is 0 Å². The van der Waals surface area contributed by atoms with E-state index in [2.05, 4.69) is 47.0 Å². The van der Waals surface area contributed by atoms with Crippen LogP contribution in [0.3, 0.4) is 0 Å². The Balaban J connectivity index is 0.953. The summed E-state index contributed by atoms with van der Waals surface area (Å²) in [6.07, 6.45) is -0.171. The molecule has 0 saturated carbocycles. The fourth-order valence-corrected chi connectivity index (χ4v) is 7.61. The van der Waals surface area contributed by atoms with Crippen molar-refractivity contribution in [2.45, 2.75) is 19.1 Å². The quantitative estimate of drug-likeness (QED) is 0.262. The van der Waals surface area contributed by atoms with Crippen molar-refractivity contribution >= 4 is 22.7 Å². The Morgan fingerprint density at radius 3 is 2.14 bits per heavy atom. The maximum atomic E-state index is 6.74. The third-order valence-electron chi connectivity index (χ3n) is 10.4. The Labute approximate surface area is 282 Å². The molecule has 248 valence electrons.